The summed E-state index contributed by atoms with van der Waals surface area (Å²) in [5, 5.41) is 17.0. The first-order valence-corrected chi connectivity index (χ1v) is 7.54. The first kappa shape index (κ1) is 17.7. The lowest BCUT2D eigenvalue weighted by atomic mass is 9.87. The highest BCUT2D eigenvalue weighted by Gasteiger charge is 2.40. The first-order chi connectivity index (χ1) is 10.6. The second kappa shape index (κ2) is 7.25. The van der Waals surface area contributed by atoms with E-state index in [1.165, 1.54) is 6.07 Å². The van der Waals surface area contributed by atoms with Gasteiger partial charge in [0.25, 0.3) is 5.69 Å². The van der Waals surface area contributed by atoms with Gasteiger partial charge in [-0.3, -0.25) is 19.8 Å². The summed E-state index contributed by atoms with van der Waals surface area (Å²) in [6, 6.07) is 6.22. The normalized spacial score (nSPS) is 23.7. The fourth-order valence-electron chi connectivity index (χ4n) is 3.44. The number of nitrogens with zero attached hydrogens (tertiary/aromatic N) is 2. The van der Waals surface area contributed by atoms with Crippen molar-refractivity contribution in [1.29, 1.82) is 0 Å². The number of rotatable bonds is 4. The van der Waals surface area contributed by atoms with Gasteiger partial charge in [0, 0.05) is 19.2 Å². The molecule has 2 saturated heterocycles. The van der Waals surface area contributed by atoms with Crippen LogP contribution in [0.3, 0.4) is 0 Å². The molecular weight excluding hydrogens is 320 g/mol. The topological polar surface area (TPSA) is 87.5 Å². The van der Waals surface area contributed by atoms with Crippen molar-refractivity contribution in [2.75, 3.05) is 38.0 Å². The van der Waals surface area contributed by atoms with Crippen LogP contribution in [0.5, 0.6) is 0 Å². The minimum absolute atomic E-state index is 0. The lowest BCUT2D eigenvalue weighted by molar-refractivity contribution is -0.383. The van der Waals surface area contributed by atoms with Crippen molar-refractivity contribution < 1.29 is 9.72 Å². The van der Waals surface area contributed by atoms with Gasteiger partial charge in [0.05, 0.1) is 11.5 Å². The van der Waals surface area contributed by atoms with Crippen LogP contribution in [0.1, 0.15) is 12.8 Å². The summed E-state index contributed by atoms with van der Waals surface area (Å²) in [5.74, 6) is -0.197. The quantitative estimate of drug-likeness (QED) is 0.642. The molecular formula is C15H21ClN4O3. The molecule has 3 rings (SSSR count). The van der Waals surface area contributed by atoms with Crippen LogP contribution in [-0.2, 0) is 4.79 Å². The van der Waals surface area contributed by atoms with E-state index in [0.717, 1.165) is 39.0 Å². The van der Waals surface area contributed by atoms with E-state index in [2.05, 4.69) is 15.5 Å². The van der Waals surface area contributed by atoms with E-state index in [4.69, 9.17) is 0 Å². The fraction of sp³-hybridized carbons (Fsp3) is 0.533. The van der Waals surface area contributed by atoms with E-state index in [1.54, 1.807) is 18.2 Å². The van der Waals surface area contributed by atoms with Gasteiger partial charge in [0.2, 0.25) is 5.91 Å². The maximum atomic E-state index is 12.2. The summed E-state index contributed by atoms with van der Waals surface area (Å²) in [4.78, 5) is 24.8. The van der Waals surface area contributed by atoms with Gasteiger partial charge in [-0.1, -0.05) is 12.1 Å². The number of benzene rings is 1. The lowest BCUT2D eigenvalue weighted by Crippen LogP contribution is -2.34. The Morgan fingerprint density at radius 1 is 1.39 bits per heavy atom. The number of carbonyl (C=O) groups is 1. The van der Waals surface area contributed by atoms with Crippen molar-refractivity contribution in [1.82, 2.24) is 10.2 Å². The molecule has 0 bridgehead atoms. The van der Waals surface area contributed by atoms with Gasteiger partial charge in [-0.25, -0.2) is 0 Å². The minimum Gasteiger partial charge on any atom is -0.319 e. The van der Waals surface area contributed by atoms with Crippen molar-refractivity contribution in [3.8, 4) is 0 Å². The molecule has 23 heavy (non-hydrogen) atoms. The third-order valence-corrected chi connectivity index (χ3v) is 4.59. The van der Waals surface area contributed by atoms with Gasteiger partial charge in [0.1, 0.15) is 5.69 Å². The van der Waals surface area contributed by atoms with Crippen molar-refractivity contribution in [3.63, 3.8) is 0 Å². The Kier molecular flexibility index (Phi) is 5.56. The van der Waals surface area contributed by atoms with Crippen LogP contribution in [-0.4, -0.2) is 48.5 Å². The molecule has 8 heteroatoms. The number of nitro groups is 1. The predicted octanol–water partition coefficient (Wildman–Crippen LogP) is 1.64. The molecule has 0 radical (unpaired) electrons. The number of hydrogen-bond acceptors (Lipinski definition) is 5. The molecule has 0 saturated carbocycles. The van der Waals surface area contributed by atoms with Gasteiger partial charge in [-0.2, -0.15) is 0 Å². The van der Waals surface area contributed by atoms with E-state index in [0.29, 0.717) is 5.41 Å². The number of nitro benzene ring substituents is 1. The van der Waals surface area contributed by atoms with Crippen molar-refractivity contribution in [2.24, 2.45) is 5.41 Å². The zero-order valence-electron chi connectivity index (χ0n) is 12.8. The monoisotopic (exact) mass is 340 g/mol. The van der Waals surface area contributed by atoms with Gasteiger partial charge in [-0.05, 0) is 37.4 Å². The zero-order chi connectivity index (χ0) is 15.6. The fourth-order valence-corrected chi connectivity index (χ4v) is 3.44. The van der Waals surface area contributed by atoms with E-state index >= 15 is 0 Å². The average Bonchev–Trinajstić information content (AvgIpc) is 3.10. The Labute approximate surface area is 141 Å². The lowest BCUT2D eigenvalue weighted by Gasteiger charge is -2.22. The van der Waals surface area contributed by atoms with E-state index in [9.17, 15) is 14.9 Å². The molecule has 1 atom stereocenters. The van der Waals surface area contributed by atoms with Crippen LogP contribution in [0, 0.1) is 15.5 Å². The third-order valence-electron chi connectivity index (χ3n) is 4.59. The Balaban J connectivity index is 0.00000192. The number of para-hydroxylation sites is 2. The Hall–Kier alpha value is -1.70. The van der Waals surface area contributed by atoms with Crippen LogP contribution in [0.25, 0.3) is 0 Å². The molecule has 2 N–H and O–H groups in total. The molecule has 7 nitrogen and oxygen atoms in total. The second-order valence-electron chi connectivity index (χ2n) is 6.21. The third kappa shape index (κ3) is 3.99. The first-order valence-electron chi connectivity index (χ1n) is 7.54. The molecule has 0 aromatic heterocycles. The van der Waals surface area contributed by atoms with Crippen molar-refractivity contribution in [3.05, 3.63) is 34.4 Å². The van der Waals surface area contributed by atoms with Gasteiger partial charge in [0.15, 0.2) is 0 Å². The minimum atomic E-state index is -0.481. The number of hydrogen-bond donors (Lipinski definition) is 2. The zero-order valence-corrected chi connectivity index (χ0v) is 13.6. The second-order valence-corrected chi connectivity index (χ2v) is 6.21. The number of nitrogens with one attached hydrogen (secondary N) is 2. The summed E-state index contributed by atoms with van der Waals surface area (Å²) in [5.41, 5.74) is 0.502. The van der Waals surface area contributed by atoms with E-state index in [-0.39, 0.29) is 36.2 Å². The van der Waals surface area contributed by atoms with Gasteiger partial charge < -0.3 is 10.6 Å². The summed E-state index contributed by atoms with van der Waals surface area (Å²) in [6.45, 7) is 4.19. The van der Waals surface area contributed by atoms with Crippen LogP contribution in [0.15, 0.2) is 24.3 Å². The predicted molar refractivity (Wildman–Crippen MR) is 90.0 cm³/mol. The molecule has 1 aromatic rings. The molecule has 2 aliphatic heterocycles. The van der Waals surface area contributed by atoms with Crippen LogP contribution >= 0.6 is 12.4 Å². The summed E-state index contributed by atoms with van der Waals surface area (Å²) < 4.78 is 0. The molecule has 1 unspecified atom stereocenters. The molecule has 2 aliphatic rings. The van der Waals surface area contributed by atoms with Gasteiger partial charge >= 0.3 is 0 Å². The maximum Gasteiger partial charge on any atom is 0.292 e. The smallest absolute Gasteiger partial charge is 0.292 e. The highest BCUT2D eigenvalue weighted by molar-refractivity contribution is 5.94. The number of halogens is 1. The van der Waals surface area contributed by atoms with Crippen LogP contribution in [0.2, 0.25) is 0 Å². The Bertz CT molecular complexity index is 590. The summed E-state index contributed by atoms with van der Waals surface area (Å²) in [7, 11) is 0. The SMILES string of the molecule is Cl.O=C(CN1CCC2(CCNC2)C1)Nc1ccccc1[N+](=O)[O-]. The van der Waals surface area contributed by atoms with Gasteiger partial charge in [-0.15, -0.1) is 12.4 Å². The molecule has 1 spiro atoms. The summed E-state index contributed by atoms with van der Waals surface area (Å²) >= 11 is 0. The number of likely N-dealkylation sites (tertiary alicyclic amines) is 1. The molecule has 2 heterocycles. The average molecular weight is 341 g/mol. The summed E-state index contributed by atoms with van der Waals surface area (Å²) in [6.07, 6.45) is 2.27. The van der Waals surface area contributed by atoms with E-state index < -0.39 is 4.92 Å². The molecule has 1 aromatic carbocycles. The van der Waals surface area contributed by atoms with Crippen molar-refractivity contribution in [2.45, 2.75) is 12.8 Å². The molecule has 1 amide bonds. The number of carbonyl (C=O) groups excluding carboxylic acids is 1. The van der Waals surface area contributed by atoms with Crippen LogP contribution in [0.4, 0.5) is 11.4 Å². The standard InChI is InChI=1S/C15H20N4O3.ClH/c20-14(17-12-3-1-2-4-13(12)19(21)22)9-18-8-6-15(11-18)5-7-16-10-15;/h1-4,16H,5-11H2,(H,17,20);1H. The Morgan fingerprint density at radius 2 is 2.17 bits per heavy atom. The number of anilines is 1. The highest BCUT2D eigenvalue weighted by atomic mass is 35.5. The molecule has 2 fully saturated rings. The largest absolute Gasteiger partial charge is 0.319 e. The van der Waals surface area contributed by atoms with Crippen LogP contribution < -0.4 is 10.6 Å². The molecule has 126 valence electrons. The number of amides is 1. The Morgan fingerprint density at radius 3 is 2.87 bits per heavy atom. The van der Waals surface area contributed by atoms with E-state index in [1.807, 2.05) is 0 Å². The maximum absolute atomic E-state index is 12.2. The highest BCUT2D eigenvalue weighted by Crippen LogP contribution is 2.35. The molecule has 0 aliphatic carbocycles. The van der Waals surface area contributed by atoms with Crippen molar-refractivity contribution >= 4 is 29.7 Å².